The van der Waals surface area contributed by atoms with E-state index in [4.69, 9.17) is 21.2 Å². The molecule has 0 radical (unpaired) electrons. The van der Waals surface area contributed by atoms with Crippen molar-refractivity contribution in [3.63, 3.8) is 0 Å². The molecule has 3 N–H and O–H groups in total. The minimum absolute atomic E-state index is 0.0456. The number of carbonyl (C=O) groups excluding carboxylic acids is 4. The van der Waals surface area contributed by atoms with Crippen molar-refractivity contribution in [2.75, 3.05) is 14.2 Å². The number of nitrogens with zero attached hydrogens (tertiary/aromatic N) is 1. The van der Waals surface area contributed by atoms with Gasteiger partial charge in [0.25, 0.3) is 11.8 Å². The van der Waals surface area contributed by atoms with Crippen LogP contribution in [0.5, 0.6) is 5.75 Å². The molecule has 0 saturated carbocycles. The lowest BCUT2D eigenvalue weighted by Crippen LogP contribution is -2.57. The Morgan fingerprint density at radius 3 is 1.80 bits per heavy atom. The highest BCUT2D eigenvalue weighted by Gasteiger charge is 2.32. The fourth-order valence-corrected chi connectivity index (χ4v) is 4.90. The van der Waals surface area contributed by atoms with Crippen LogP contribution >= 0.6 is 11.6 Å². The lowest BCUT2D eigenvalue weighted by atomic mass is 9.98. The number of nitrogens with one attached hydrogen (secondary N) is 3. The van der Waals surface area contributed by atoms with Gasteiger partial charge in [-0.1, -0.05) is 83.5 Å². The van der Waals surface area contributed by atoms with Crippen LogP contribution in [0.15, 0.2) is 48.5 Å². The molecule has 0 heterocycles. The molecule has 0 fully saturated rings. The van der Waals surface area contributed by atoms with Gasteiger partial charge in [-0.3, -0.25) is 24.0 Å². The maximum Gasteiger partial charge on any atom is 0.268 e. The number of hydrogen-bond donors (Lipinski definition) is 3. The van der Waals surface area contributed by atoms with Crippen molar-refractivity contribution in [2.45, 2.75) is 85.5 Å². The Bertz CT molecular complexity index is 1270. The number of ether oxygens (including phenoxy) is 1. The number of rotatable bonds is 17. The Kier molecular flexibility index (Phi) is 15.3. The summed E-state index contributed by atoms with van der Waals surface area (Å²) in [7, 11) is 2.85. The molecule has 2 rings (SSSR count). The number of likely N-dealkylation sites (N-methyl/N-ethyl adjacent to an activating group) is 1. The molecule has 0 saturated heterocycles. The Labute approximate surface area is 272 Å². The van der Waals surface area contributed by atoms with Crippen molar-refractivity contribution in [2.24, 2.45) is 17.8 Å². The summed E-state index contributed by atoms with van der Waals surface area (Å²) in [4.78, 5) is 58.8. The van der Waals surface area contributed by atoms with Crippen molar-refractivity contribution in [1.82, 2.24) is 21.0 Å². The average molecular weight is 645 g/mol. The van der Waals surface area contributed by atoms with Gasteiger partial charge in [-0.15, -0.1) is 0 Å². The number of halogens is 1. The van der Waals surface area contributed by atoms with E-state index in [0.717, 1.165) is 10.6 Å². The van der Waals surface area contributed by atoms with Crippen LogP contribution in [-0.2, 0) is 25.8 Å². The first-order valence-electron chi connectivity index (χ1n) is 15.4. The Hall–Kier alpha value is -3.63. The first-order valence-corrected chi connectivity index (χ1v) is 15.8. The van der Waals surface area contributed by atoms with Crippen molar-refractivity contribution in [1.29, 1.82) is 0 Å². The molecule has 2 aromatic carbocycles. The van der Waals surface area contributed by atoms with E-state index in [-0.39, 0.29) is 29.9 Å². The van der Waals surface area contributed by atoms with E-state index in [1.807, 2.05) is 71.9 Å². The summed E-state index contributed by atoms with van der Waals surface area (Å²) in [5, 5.41) is 9.92. The Morgan fingerprint density at radius 2 is 1.27 bits per heavy atom. The van der Waals surface area contributed by atoms with Crippen LogP contribution in [0.2, 0.25) is 5.02 Å². The molecule has 0 unspecified atom stereocenters. The van der Waals surface area contributed by atoms with Gasteiger partial charge < -0.3 is 20.7 Å². The van der Waals surface area contributed by atoms with Crippen molar-refractivity contribution in [3.05, 3.63) is 64.7 Å². The number of benzene rings is 2. The second-order valence-corrected chi connectivity index (χ2v) is 12.9. The summed E-state index contributed by atoms with van der Waals surface area (Å²) in [5.74, 6) is -1.39. The molecule has 0 bridgehead atoms. The topological polar surface area (TPSA) is 126 Å². The minimum Gasteiger partial charge on any atom is -0.488 e. The lowest BCUT2D eigenvalue weighted by Gasteiger charge is -2.28. The molecule has 0 aromatic heterocycles. The summed E-state index contributed by atoms with van der Waals surface area (Å²) in [6.07, 6.45) is 1.04. The lowest BCUT2D eigenvalue weighted by molar-refractivity contribution is -0.172. The molecule has 0 spiro atoms. The van der Waals surface area contributed by atoms with Crippen LogP contribution in [0, 0.1) is 17.8 Å². The fraction of sp³-hybridized carbons (Fsp3) is 0.529. The normalized spacial score (nSPS) is 13.2. The number of amides is 4. The van der Waals surface area contributed by atoms with Crippen LogP contribution in [0.25, 0.3) is 0 Å². The molecule has 0 aliphatic rings. The van der Waals surface area contributed by atoms with Gasteiger partial charge in [-0.2, -0.15) is 0 Å². The van der Waals surface area contributed by atoms with Crippen LogP contribution in [0.1, 0.15) is 76.7 Å². The van der Waals surface area contributed by atoms with E-state index in [9.17, 15) is 19.2 Å². The molecule has 4 amide bonds. The second kappa shape index (κ2) is 18.4. The molecule has 0 aliphatic carbocycles. The van der Waals surface area contributed by atoms with Crippen LogP contribution in [-0.4, -0.2) is 61.0 Å². The first-order chi connectivity index (χ1) is 21.2. The first kappa shape index (κ1) is 37.6. The van der Waals surface area contributed by atoms with Gasteiger partial charge in [-0.25, -0.2) is 5.06 Å². The van der Waals surface area contributed by atoms with Crippen molar-refractivity contribution in [3.8, 4) is 5.75 Å². The molecular weight excluding hydrogens is 596 g/mol. The molecule has 45 heavy (non-hydrogen) atoms. The molecule has 0 aliphatic heterocycles. The third-order valence-corrected chi connectivity index (χ3v) is 7.23. The molecule has 11 heteroatoms. The zero-order valence-electron chi connectivity index (χ0n) is 27.7. The maximum absolute atomic E-state index is 13.7. The largest absolute Gasteiger partial charge is 0.488 e. The minimum atomic E-state index is -0.950. The maximum atomic E-state index is 13.7. The van der Waals surface area contributed by atoms with E-state index >= 15 is 0 Å². The third kappa shape index (κ3) is 12.7. The van der Waals surface area contributed by atoms with E-state index in [0.29, 0.717) is 30.0 Å². The molecule has 248 valence electrons. The molecule has 10 nitrogen and oxygen atoms in total. The fourth-order valence-electron chi connectivity index (χ4n) is 4.73. The van der Waals surface area contributed by atoms with E-state index in [1.165, 1.54) is 20.2 Å². The number of carbonyl (C=O) groups is 4. The van der Waals surface area contributed by atoms with E-state index in [2.05, 4.69) is 16.0 Å². The van der Waals surface area contributed by atoms with E-state index < -0.39 is 41.8 Å². The Balaban J connectivity index is 2.27. The summed E-state index contributed by atoms with van der Waals surface area (Å²) in [5.41, 5.74) is 1.12. The van der Waals surface area contributed by atoms with Gasteiger partial charge in [0.2, 0.25) is 11.8 Å². The monoisotopic (exact) mass is 644 g/mol. The summed E-state index contributed by atoms with van der Waals surface area (Å²) in [6, 6.07) is 11.6. The zero-order chi connectivity index (χ0) is 33.7. The van der Waals surface area contributed by atoms with E-state index in [1.54, 1.807) is 12.1 Å². The predicted molar refractivity (Wildman–Crippen MR) is 175 cm³/mol. The van der Waals surface area contributed by atoms with Crippen LogP contribution < -0.4 is 20.7 Å². The summed E-state index contributed by atoms with van der Waals surface area (Å²) >= 11 is 6.24. The van der Waals surface area contributed by atoms with Crippen molar-refractivity contribution >= 4 is 35.2 Å². The van der Waals surface area contributed by atoms with Gasteiger partial charge in [0.1, 0.15) is 30.5 Å². The van der Waals surface area contributed by atoms with Gasteiger partial charge in [0.05, 0.1) is 12.7 Å². The molecular formula is C34H49ClN4O6. The summed E-state index contributed by atoms with van der Waals surface area (Å²) in [6.45, 7) is 11.9. The summed E-state index contributed by atoms with van der Waals surface area (Å²) < 4.78 is 5.96. The number of hydroxylamine groups is 2. The highest BCUT2D eigenvalue weighted by Crippen LogP contribution is 2.24. The quantitative estimate of drug-likeness (QED) is 0.205. The van der Waals surface area contributed by atoms with Crippen molar-refractivity contribution < 1.29 is 28.8 Å². The van der Waals surface area contributed by atoms with Gasteiger partial charge in [-0.05, 0) is 60.8 Å². The second-order valence-electron chi connectivity index (χ2n) is 12.5. The van der Waals surface area contributed by atoms with Gasteiger partial charge in [0.15, 0.2) is 0 Å². The molecule has 3 atom stereocenters. The number of hydrogen-bond acceptors (Lipinski definition) is 6. The predicted octanol–water partition coefficient (Wildman–Crippen LogP) is 5.15. The third-order valence-electron chi connectivity index (χ3n) is 7.00. The highest BCUT2D eigenvalue weighted by atomic mass is 35.5. The standard InChI is InChI=1S/C34H49ClN4O6/c1-21(2)16-27(36-31(40)26-19-25(35)14-15-30(26)45-20-24-12-10-9-11-13-24)32(41)37-28(17-22(3)4)33(42)38-29(18-23(5)6)34(43)39(7)44-8/h9-15,19,21-23,27-29H,16-18,20H2,1-8H3,(H,36,40)(H,37,41)(H,38,42)/t27-,28-,29-/m0/s1. The van der Waals surface area contributed by atoms with Gasteiger partial charge in [0, 0.05) is 12.1 Å². The van der Waals surface area contributed by atoms with Gasteiger partial charge >= 0.3 is 0 Å². The molecule has 2 aromatic rings. The SMILES string of the molecule is CON(C)C(=O)[C@H](CC(C)C)NC(=O)[C@H](CC(C)C)NC(=O)[C@H](CC(C)C)NC(=O)c1cc(Cl)ccc1OCc1ccccc1. The average Bonchev–Trinajstić information content (AvgIpc) is 2.98. The Morgan fingerprint density at radius 1 is 0.756 bits per heavy atom. The van der Waals surface area contributed by atoms with Crippen LogP contribution in [0.4, 0.5) is 0 Å². The zero-order valence-corrected chi connectivity index (χ0v) is 28.4. The smallest absolute Gasteiger partial charge is 0.268 e. The van der Waals surface area contributed by atoms with Crippen LogP contribution in [0.3, 0.4) is 0 Å². The highest BCUT2D eigenvalue weighted by molar-refractivity contribution is 6.31.